The summed E-state index contributed by atoms with van der Waals surface area (Å²) in [6.45, 7) is 5.32. The number of hydrogen-bond acceptors (Lipinski definition) is 3. The molecule has 0 spiro atoms. The van der Waals surface area contributed by atoms with Crippen LogP contribution in [0.4, 0.5) is 4.79 Å². The number of ketones is 1. The third-order valence-corrected chi connectivity index (χ3v) is 6.17. The fraction of sp³-hybridized carbons (Fsp3) is 0.381. The van der Waals surface area contributed by atoms with Crippen LogP contribution in [0.3, 0.4) is 0 Å². The summed E-state index contributed by atoms with van der Waals surface area (Å²) in [6, 6.07) is 9.04. The Balaban J connectivity index is 1.59. The van der Waals surface area contributed by atoms with Gasteiger partial charge in [-0.3, -0.25) is 14.5 Å². The van der Waals surface area contributed by atoms with E-state index in [2.05, 4.69) is 25.8 Å². The Hall–Kier alpha value is -2.41. The van der Waals surface area contributed by atoms with Gasteiger partial charge in [0.15, 0.2) is 5.78 Å². The Bertz CT molecular complexity index is 1010. The summed E-state index contributed by atoms with van der Waals surface area (Å²) in [5.41, 5.74) is 2.01. The van der Waals surface area contributed by atoms with Crippen molar-refractivity contribution >= 4 is 33.7 Å². The maximum atomic E-state index is 13.1. The summed E-state index contributed by atoms with van der Waals surface area (Å²) in [5.74, 6) is -0.637. The molecule has 4 rings (SSSR count). The molecule has 1 N–H and O–H groups in total. The normalized spacial score (nSPS) is 21.9. The van der Waals surface area contributed by atoms with E-state index in [1.54, 1.807) is 19.1 Å². The first kappa shape index (κ1) is 18.9. The summed E-state index contributed by atoms with van der Waals surface area (Å²) in [6.07, 6.45) is 2.25. The van der Waals surface area contributed by atoms with Crippen molar-refractivity contribution in [1.29, 1.82) is 0 Å². The third kappa shape index (κ3) is 2.98. The van der Waals surface area contributed by atoms with Crippen molar-refractivity contribution in [3.05, 3.63) is 57.3 Å². The second-order valence-electron chi connectivity index (χ2n) is 7.77. The Morgan fingerprint density at radius 1 is 1.25 bits per heavy atom. The average molecular weight is 444 g/mol. The van der Waals surface area contributed by atoms with Crippen molar-refractivity contribution in [1.82, 2.24) is 14.8 Å². The van der Waals surface area contributed by atoms with E-state index in [0.29, 0.717) is 17.2 Å². The number of Topliss-reactive ketones (excluding diaryl/α,β-unsaturated/α-hetero) is 1. The van der Waals surface area contributed by atoms with E-state index >= 15 is 0 Å². The minimum absolute atomic E-state index is 0.220. The Labute approximate surface area is 172 Å². The zero-order valence-corrected chi connectivity index (χ0v) is 17.7. The summed E-state index contributed by atoms with van der Waals surface area (Å²) in [4.78, 5) is 39.5. The summed E-state index contributed by atoms with van der Waals surface area (Å²) < 4.78 is 3.00. The number of benzene rings is 1. The van der Waals surface area contributed by atoms with E-state index in [4.69, 9.17) is 0 Å². The maximum absolute atomic E-state index is 13.1. The molecule has 2 aromatic rings. The van der Waals surface area contributed by atoms with Crippen molar-refractivity contribution in [2.45, 2.75) is 45.2 Å². The van der Waals surface area contributed by atoms with Gasteiger partial charge in [0, 0.05) is 27.5 Å². The van der Waals surface area contributed by atoms with Crippen LogP contribution in [-0.4, -0.2) is 33.7 Å². The van der Waals surface area contributed by atoms with Crippen LogP contribution in [0, 0.1) is 13.8 Å². The molecule has 1 atom stereocenters. The van der Waals surface area contributed by atoms with E-state index in [0.717, 1.165) is 33.6 Å². The first-order valence-electron chi connectivity index (χ1n) is 9.34. The molecule has 0 radical (unpaired) electrons. The lowest BCUT2D eigenvalue weighted by atomic mass is 9.92. The molecule has 6 nitrogen and oxygen atoms in total. The number of nitrogens with one attached hydrogen (secondary N) is 1. The molecule has 3 amide bonds. The van der Waals surface area contributed by atoms with Crippen LogP contribution in [-0.2, 0) is 10.3 Å². The Morgan fingerprint density at radius 2 is 1.96 bits per heavy atom. The largest absolute Gasteiger partial charge is 0.345 e. The van der Waals surface area contributed by atoms with Gasteiger partial charge in [-0.2, -0.15) is 0 Å². The number of carbonyl (C=O) groups is 3. The topological polar surface area (TPSA) is 71.4 Å². The number of hydrogen-bond donors (Lipinski definition) is 1. The molecular formula is C21H22BrN3O3. The molecule has 1 aromatic carbocycles. The predicted octanol–water partition coefficient (Wildman–Crippen LogP) is 3.85. The molecule has 1 saturated carbocycles. The average Bonchev–Trinajstić information content (AvgIpc) is 3.39. The fourth-order valence-corrected chi connectivity index (χ4v) is 4.42. The van der Waals surface area contributed by atoms with Gasteiger partial charge in [0.25, 0.3) is 5.91 Å². The maximum Gasteiger partial charge on any atom is 0.325 e. The van der Waals surface area contributed by atoms with Crippen molar-refractivity contribution in [2.24, 2.45) is 0 Å². The van der Waals surface area contributed by atoms with Crippen LogP contribution in [0.2, 0.25) is 0 Å². The molecule has 146 valence electrons. The fourth-order valence-electron chi connectivity index (χ4n) is 4.02. The molecule has 28 heavy (non-hydrogen) atoms. The molecule has 2 heterocycles. The lowest BCUT2D eigenvalue weighted by molar-refractivity contribution is -0.130. The zero-order chi connectivity index (χ0) is 20.2. The van der Waals surface area contributed by atoms with Crippen LogP contribution in [0.1, 0.15) is 53.1 Å². The minimum Gasteiger partial charge on any atom is -0.345 e. The van der Waals surface area contributed by atoms with Crippen LogP contribution in [0.5, 0.6) is 0 Å². The number of nitrogens with zero attached hydrogens (tertiary/aromatic N) is 2. The second-order valence-corrected chi connectivity index (χ2v) is 8.68. The van der Waals surface area contributed by atoms with Crippen LogP contribution < -0.4 is 5.32 Å². The number of aromatic nitrogens is 1. The molecule has 1 aromatic heterocycles. The molecule has 1 aliphatic heterocycles. The lowest BCUT2D eigenvalue weighted by Gasteiger charge is -2.22. The van der Waals surface area contributed by atoms with Gasteiger partial charge in [0.05, 0.1) is 6.54 Å². The number of aryl methyl sites for hydroxylation is 1. The smallest absolute Gasteiger partial charge is 0.325 e. The molecule has 1 saturated heterocycles. The summed E-state index contributed by atoms with van der Waals surface area (Å²) >= 11 is 3.39. The van der Waals surface area contributed by atoms with Crippen molar-refractivity contribution in [2.75, 3.05) is 6.54 Å². The first-order chi connectivity index (χ1) is 13.2. The van der Waals surface area contributed by atoms with Crippen LogP contribution in [0.25, 0.3) is 0 Å². The monoisotopic (exact) mass is 443 g/mol. The summed E-state index contributed by atoms with van der Waals surface area (Å²) in [7, 11) is 0. The van der Waals surface area contributed by atoms with Gasteiger partial charge in [-0.05, 0) is 57.4 Å². The van der Waals surface area contributed by atoms with Crippen LogP contribution in [0.15, 0.2) is 34.8 Å². The van der Waals surface area contributed by atoms with Crippen molar-refractivity contribution in [3.63, 3.8) is 0 Å². The molecular weight excluding hydrogens is 422 g/mol. The van der Waals surface area contributed by atoms with Gasteiger partial charge < -0.3 is 9.88 Å². The second kappa shape index (κ2) is 6.58. The quantitative estimate of drug-likeness (QED) is 0.563. The number of carbonyl (C=O) groups excluding carboxylic acids is 3. The number of halogens is 1. The Morgan fingerprint density at radius 3 is 2.61 bits per heavy atom. The van der Waals surface area contributed by atoms with E-state index in [-0.39, 0.29) is 12.3 Å². The number of rotatable bonds is 5. The molecule has 7 heteroatoms. The molecule has 2 aliphatic rings. The zero-order valence-electron chi connectivity index (χ0n) is 16.1. The highest BCUT2D eigenvalue weighted by atomic mass is 79.9. The number of urea groups is 1. The van der Waals surface area contributed by atoms with Gasteiger partial charge in [0.2, 0.25) is 0 Å². The van der Waals surface area contributed by atoms with Crippen molar-refractivity contribution < 1.29 is 14.4 Å². The Kier molecular flexibility index (Phi) is 4.45. The van der Waals surface area contributed by atoms with Crippen LogP contribution >= 0.6 is 15.9 Å². The number of amides is 3. The highest BCUT2D eigenvalue weighted by Gasteiger charge is 2.49. The minimum atomic E-state index is -1.19. The van der Waals surface area contributed by atoms with Gasteiger partial charge in [-0.1, -0.05) is 28.1 Å². The standard InChI is InChI=1S/C21H22BrN3O3/c1-12-9-17(13(2)25(12)16-7-8-16)18(26)11-24-19(27)21(3,23-20(24)28)14-5-4-6-15(22)10-14/h4-6,9-10,16H,7-8,11H2,1-3H3,(H,23,28). The number of imide groups is 1. The van der Waals surface area contributed by atoms with Gasteiger partial charge >= 0.3 is 6.03 Å². The summed E-state index contributed by atoms with van der Waals surface area (Å²) in [5, 5.41) is 2.75. The predicted molar refractivity (Wildman–Crippen MR) is 108 cm³/mol. The lowest BCUT2D eigenvalue weighted by Crippen LogP contribution is -2.41. The van der Waals surface area contributed by atoms with Gasteiger partial charge in [-0.25, -0.2) is 4.79 Å². The van der Waals surface area contributed by atoms with Gasteiger partial charge in [0.1, 0.15) is 5.54 Å². The highest BCUT2D eigenvalue weighted by Crippen LogP contribution is 2.38. The molecule has 0 bridgehead atoms. The molecule has 1 aliphatic carbocycles. The van der Waals surface area contributed by atoms with Gasteiger partial charge in [-0.15, -0.1) is 0 Å². The third-order valence-electron chi connectivity index (χ3n) is 5.68. The van der Waals surface area contributed by atoms with Crippen molar-refractivity contribution in [3.8, 4) is 0 Å². The van der Waals surface area contributed by atoms with E-state index < -0.39 is 17.5 Å². The highest BCUT2D eigenvalue weighted by molar-refractivity contribution is 9.10. The molecule has 1 unspecified atom stereocenters. The SMILES string of the molecule is Cc1cc(C(=O)CN2C(=O)NC(C)(c3cccc(Br)c3)C2=O)c(C)n1C1CC1. The van der Waals surface area contributed by atoms with E-state index in [9.17, 15) is 14.4 Å². The van der Waals surface area contributed by atoms with E-state index in [1.165, 1.54) is 0 Å². The first-order valence-corrected chi connectivity index (χ1v) is 10.1. The molecule has 2 fully saturated rings. The van der Waals surface area contributed by atoms with E-state index in [1.807, 2.05) is 32.0 Å².